The van der Waals surface area contributed by atoms with Gasteiger partial charge in [0.25, 0.3) is 0 Å². The molecular weight excluding hydrogens is 245 g/mol. The summed E-state index contributed by atoms with van der Waals surface area (Å²) < 4.78 is 40.4. The normalized spacial score (nSPS) is 10.9. The van der Waals surface area contributed by atoms with Gasteiger partial charge in [-0.2, -0.15) is 0 Å². The maximum atomic E-state index is 13.5. The van der Waals surface area contributed by atoms with Crippen LogP contribution in [0.1, 0.15) is 12.1 Å². The average Bonchev–Trinajstić information content (AvgIpc) is 2.82. The molecule has 0 amide bonds. The van der Waals surface area contributed by atoms with Gasteiger partial charge in [-0.25, -0.2) is 17.9 Å². The second-order valence-corrected chi connectivity index (χ2v) is 3.74. The van der Waals surface area contributed by atoms with Crippen LogP contribution in [-0.2, 0) is 6.42 Å². The Hall–Kier alpha value is -1.89. The first-order chi connectivity index (χ1) is 8.63. The van der Waals surface area contributed by atoms with Gasteiger partial charge in [0, 0.05) is 0 Å². The summed E-state index contributed by atoms with van der Waals surface area (Å²) in [7, 11) is 0. The summed E-state index contributed by atoms with van der Waals surface area (Å²) in [5.41, 5.74) is 5.78. The fraction of sp³-hybridized carbons (Fsp3) is 0.273. The van der Waals surface area contributed by atoms with E-state index in [1.54, 1.807) is 0 Å². The molecule has 0 fully saturated rings. The predicted molar refractivity (Wildman–Crippen MR) is 58.6 cm³/mol. The molecule has 4 nitrogen and oxygen atoms in total. The lowest BCUT2D eigenvalue weighted by atomic mass is 10.2. The van der Waals surface area contributed by atoms with Crippen LogP contribution in [0.15, 0.2) is 18.3 Å². The molecule has 1 heterocycles. The first-order valence-corrected chi connectivity index (χ1v) is 5.38. The van der Waals surface area contributed by atoms with E-state index in [1.807, 2.05) is 0 Å². The molecule has 0 aliphatic carbocycles. The van der Waals surface area contributed by atoms with Crippen LogP contribution < -0.4 is 5.73 Å². The molecule has 2 N–H and O–H groups in total. The summed E-state index contributed by atoms with van der Waals surface area (Å²) in [6.45, 7) is 0.506. The Kier molecular flexibility index (Phi) is 3.61. The highest BCUT2D eigenvalue weighted by Gasteiger charge is 2.15. The number of nitrogens with zero attached hydrogens (tertiary/aromatic N) is 3. The van der Waals surface area contributed by atoms with E-state index in [1.165, 1.54) is 6.20 Å². The van der Waals surface area contributed by atoms with Gasteiger partial charge in [0.15, 0.2) is 17.5 Å². The molecule has 0 atom stereocenters. The van der Waals surface area contributed by atoms with E-state index in [0.29, 0.717) is 18.7 Å². The Morgan fingerprint density at radius 1 is 1.17 bits per heavy atom. The van der Waals surface area contributed by atoms with Crippen LogP contribution in [-0.4, -0.2) is 21.5 Å². The quantitative estimate of drug-likeness (QED) is 0.845. The van der Waals surface area contributed by atoms with Gasteiger partial charge in [0.05, 0.1) is 11.9 Å². The Morgan fingerprint density at radius 2 is 1.94 bits per heavy atom. The number of benzene rings is 1. The van der Waals surface area contributed by atoms with Gasteiger partial charge < -0.3 is 5.73 Å². The summed E-state index contributed by atoms with van der Waals surface area (Å²) in [6, 6.07) is 1.95. The second-order valence-electron chi connectivity index (χ2n) is 3.74. The van der Waals surface area contributed by atoms with E-state index < -0.39 is 17.5 Å². The molecule has 2 aromatic rings. The smallest absolute Gasteiger partial charge is 0.196 e. The number of aromatic nitrogens is 3. The summed E-state index contributed by atoms with van der Waals surface area (Å²) in [5.74, 6) is -4.04. The van der Waals surface area contributed by atoms with Crippen molar-refractivity contribution in [3.8, 4) is 5.69 Å². The van der Waals surface area contributed by atoms with Crippen LogP contribution in [0.2, 0.25) is 0 Å². The lowest BCUT2D eigenvalue weighted by Crippen LogP contribution is -2.02. The van der Waals surface area contributed by atoms with E-state index in [0.717, 1.165) is 23.2 Å². The minimum atomic E-state index is -1.52. The van der Waals surface area contributed by atoms with Crippen molar-refractivity contribution in [2.24, 2.45) is 5.73 Å². The lowest BCUT2D eigenvalue weighted by Gasteiger charge is -2.03. The molecular formula is C11H11F3N4. The highest BCUT2D eigenvalue weighted by Crippen LogP contribution is 2.18. The molecule has 1 aromatic carbocycles. The molecule has 0 radical (unpaired) electrons. The van der Waals surface area contributed by atoms with Crippen LogP contribution in [0, 0.1) is 17.5 Å². The summed E-state index contributed by atoms with van der Waals surface area (Å²) in [4.78, 5) is 0. The molecule has 7 heteroatoms. The van der Waals surface area contributed by atoms with Crippen molar-refractivity contribution in [3.05, 3.63) is 41.5 Å². The van der Waals surface area contributed by atoms with Crippen molar-refractivity contribution in [1.29, 1.82) is 0 Å². The number of hydrogen-bond acceptors (Lipinski definition) is 3. The van der Waals surface area contributed by atoms with E-state index in [9.17, 15) is 13.2 Å². The third kappa shape index (κ3) is 2.35. The third-order valence-electron chi connectivity index (χ3n) is 2.44. The number of aryl methyl sites for hydroxylation is 1. The molecule has 2 rings (SSSR count). The molecule has 0 unspecified atom stereocenters. The van der Waals surface area contributed by atoms with Crippen molar-refractivity contribution in [2.75, 3.05) is 6.54 Å². The van der Waals surface area contributed by atoms with Gasteiger partial charge in [-0.05, 0) is 31.5 Å². The van der Waals surface area contributed by atoms with Crippen molar-refractivity contribution < 1.29 is 13.2 Å². The fourth-order valence-electron chi connectivity index (χ4n) is 1.51. The molecule has 18 heavy (non-hydrogen) atoms. The Labute approximate surface area is 101 Å². The predicted octanol–water partition coefficient (Wildman–Crippen LogP) is 1.58. The van der Waals surface area contributed by atoms with Crippen LogP contribution in [0.5, 0.6) is 0 Å². The third-order valence-corrected chi connectivity index (χ3v) is 2.44. The van der Waals surface area contributed by atoms with Crippen LogP contribution in [0.4, 0.5) is 13.2 Å². The topological polar surface area (TPSA) is 56.7 Å². The van der Waals surface area contributed by atoms with Crippen molar-refractivity contribution >= 4 is 0 Å². The maximum absolute atomic E-state index is 13.5. The first-order valence-electron chi connectivity index (χ1n) is 5.38. The standard InChI is InChI=1S/C11H11F3N4/c12-8-3-4-9(11(14)10(8)13)18-6-7(16-17-18)2-1-5-15/h3-4,6H,1-2,5,15H2. The van der Waals surface area contributed by atoms with Gasteiger partial charge in [-0.3, -0.25) is 0 Å². The molecule has 0 bridgehead atoms. The van der Waals surface area contributed by atoms with E-state index >= 15 is 0 Å². The number of halogens is 3. The zero-order valence-corrected chi connectivity index (χ0v) is 9.41. The molecule has 0 saturated heterocycles. The molecule has 96 valence electrons. The van der Waals surface area contributed by atoms with E-state index in [-0.39, 0.29) is 5.69 Å². The maximum Gasteiger partial charge on any atom is 0.196 e. The van der Waals surface area contributed by atoms with Crippen molar-refractivity contribution in [1.82, 2.24) is 15.0 Å². The second kappa shape index (κ2) is 5.18. The molecule has 0 saturated carbocycles. The van der Waals surface area contributed by atoms with E-state index in [4.69, 9.17) is 5.73 Å². The van der Waals surface area contributed by atoms with Gasteiger partial charge in [-0.1, -0.05) is 5.21 Å². The van der Waals surface area contributed by atoms with Gasteiger partial charge in [-0.15, -0.1) is 5.10 Å². The Morgan fingerprint density at radius 3 is 2.67 bits per heavy atom. The SMILES string of the molecule is NCCCc1cn(-c2ccc(F)c(F)c2F)nn1. The Balaban J connectivity index is 2.31. The zero-order valence-electron chi connectivity index (χ0n) is 9.41. The summed E-state index contributed by atoms with van der Waals surface area (Å²) in [6.07, 6.45) is 2.78. The minimum Gasteiger partial charge on any atom is -0.330 e. The first kappa shape index (κ1) is 12.6. The zero-order chi connectivity index (χ0) is 13.1. The number of rotatable bonds is 4. The van der Waals surface area contributed by atoms with Gasteiger partial charge in [0.2, 0.25) is 0 Å². The molecule has 0 aliphatic heterocycles. The average molecular weight is 256 g/mol. The highest BCUT2D eigenvalue weighted by molar-refractivity contribution is 5.33. The van der Waals surface area contributed by atoms with Gasteiger partial charge >= 0.3 is 0 Å². The number of nitrogens with two attached hydrogens (primary N) is 1. The van der Waals surface area contributed by atoms with Crippen molar-refractivity contribution in [2.45, 2.75) is 12.8 Å². The summed E-state index contributed by atoms with van der Waals surface area (Å²) >= 11 is 0. The van der Waals surface area contributed by atoms with Crippen molar-refractivity contribution in [3.63, 3.8) is 0 Å². The molecule has 0 aliphatic rings. The Bertz CT molecular complexity index is 553. The number of hydrogen-bond donors (Lipinski definition) is 1. The monoisotopic (exact) mass is 256 g/mol. The van der Waals surface area contributed by atoms with Crippen LogP contribution in [0.25, 0.3) is 5.69 Å². The minimum absolute atomic E-state index is 0.180. The largest absolute Gasteiger partial charge is 0.330 e. The van der Waals surface area contributed by atoms with Gasteiger partial charge in [0.1, 0.15) is 5.69 Å². The van der Waals surface area contributed by atoms with Crippen LogP contribution >= 0.6 is 0 Å². The van der Waals surface area contributed by atoms with E-state index in [2.05, 4.69) is 10.3 Å². The molecule has 0 spiro atoms. The fourth-order valence-corrected chi connectivity index (χ4v) is 1.51. The summed E-state index contributed by atoms with van der Waals surface area (Å²) in [5, 5.41) is 7.47. The molecule has 1 aromatic heterocycles. The van der Waals surface area contributed by atoms with Crippen LogP contribution in [0.3, 0.4) is 0 Å². The lowest BCUT2D eigenvalue weighted by molar-refractivity contribution is 0.442. The highest BCUT2D eigenvalue weighted by atomic mass is 19.2.